The molecule has 23 heavy (non-hydrogen) atoms. The highest BCUT2D eigenvalue weighted by atomic mass is 35.5. The summed E-state index contributed by atoms with van der Waals surface area (Å²) >= 11 is 6.05. The lowest BCUT2D eigenvalue weighted by atomic mass is 10.3. The van der Waals surface area contributed by atoms with E-state index in [4.69, 9.17) is 16.6 Å². The third-order valence-corrected chi connectivity index (χ3v) is 3.73. The van der Waals surface area contributed by atoms with E-state index < -0.39 is 0 Å². The van der Waals surface area contributed by atoms with Gasteiger partial charge in [-0.05, 0) is 25.1 Å². The molecule has 2 rings (SSSR count). The molecule has 124 valence electrons. The Morgan fingerprint density at radius 3 is 2.87 bits per heavy atom. The summed E-state index contributed by atoms with van der Waals surface area (Å²) in [6.45, 7) is 4.36. The van der Waals surface area contributed by atoms with Crippen LogP contribution in [-0.4, -0.2) is 40.5 Å². The Hall–Kier alpha value is -2.01. The first-order chi connectivity index (χ1) is 11.1. The molecule has 6 heteroatoms. The average Bonchev–Trinajstić information content (AvgIpc) is 2.85. The first kappa shape index (κ1) is 17.3. The van der Waals surface area contributed by atoms with Crippen molar-refractivity contribution in [3.63, 3.8) is 0 Å². The van der Waals surface area contributed by atoms with Gasteiger partial charge in [-0.2, -0.15) is 0 Å². The molecule has 5 nitrogen and oxygen atoms in total. The number of aromatic nitrogens is 2. The van der Waals surface area contributed by atoms with Crippen molar-refractivity contribution < 1.29 is 0 Å². The normalized spacial score (nSPS) is 11.6. The van der Waals surface area contributed by atoms with Crippen LogP contribution in [0, 0.1) is 0 Å². The standard InChI is InChI=1S/C17H24ClN5/c1-4-19-17(21-10-8-15-7-5-6-9-20-15)23(3)13-16-11-14(18)12-22(16)2/h5-7,9,11-12H,4,8,10,13H2,1-3H3,(H,19,21). The number of nitrogens with zero attached hydrogens (tertiary/aromatic N) is 4. The molecule has 0 amide bonds. The molecule has 2 aromatic rings. The molecule has 0 spiro atoms. The fraction of sp³-hybridized carbons (Fsp3) is 0.412. The van der Waals surface area contributed by atoms with Gasteiger partial charge >= 0.3 is 0 Å². The van der Waals surface area contributed by atoms with Gasteiger partial charge in [0.1, 0.15) is 0 Å². The number of halogens is 1. The van der Waals surface area contributed by atoms with Gasteiger partial charge in [0, 0.05) is 57.4 Å². The highest BCUT2D eigenvalue weighted by Crippen LogP contribution is 2.14. The van der Waals surface area contributed by atoms with Crippen LogP contribution in [-0.2, 0) is 20.0 Å². The average molecular weight is 334 g/mol. The van der Waals surface area contributed by atoms with Gasteiger partial charge in [-0.1, -0.05) is 17.7 Å². The minimum Gasteiger partial charge on any atom is -0.357 e. The van der Waals surface area contributed by atoms with Crippen molar-refractivity contribution >= 4 is 17.6 Å². The van der Waals surface area contributed by atoms with Crippen LogP contribution in [0.5, 0.6) is 0 Å². The number of rotatable bonds is 6. The second-order valence-corrected chi connectivity index (χ2v) is 5.86. The number of aryl methyl sites for hydroxylation is 1. The Morgan fingerprint density at radius 2 is 2.26 bits per heavy atom. The monoisotopic (exact) mass is 333 g/mol. The summed E-state index contributed by atoms with van der Waals surface area (Å²) in [6, 6.07) is 7.94. The van der Waals surface area contributed by atoms with Gasteiger partial charge in [0.05, 0.1) is 11.6 Å². The first-order valence-electron chi connectivity index (χ1n) is 7.80. The van der Waals surface area contributed by atoms with Crippen molar-refractivity contribution in [1.29, 1.82) is 0 Å². The molecule has 1 N–H and O–H groups in total. The zero-order chi connectivity index (χ0) is 16.7. The van der Waals surface area contributed by atoms with Crippen molar-refractivity contribution in [3.05, 3.63) is 53.1 Å². The Balaban J connectivity index is 1.98. The van der Waals surface area contributed by atoms with E-state index in [-0.39, 0.29) is 0 Å². The molecule has 0 aliphatic carbocycles. The predicted molar refractivity (Wildman–Crippen MR) is 95.8 cm³/mol. The summed E-state index contributed by atoms with van der Waals surface area (Å²) in [7, 11) is 4.03. The van der Waals surface area contributed by atoms with Gasteiger partial charge in [-0.25, -0.2) is 0 Å². The molecule has 0 aliphatic heterocycles. The highest BCUT2D eigenvalue weighted by Gasteiger charge is 2.09. The molecule has 0 atom stereocenters. The Morgan fingerprint density at radius 1 is 1.43 bits per heavy atom. The maximum atomic E-state index is 6.05. The molecular formula is C17H24ClN5. The van der Waals surface area contributed by atoms with Crippen molar-refractivity contribution in [2.45, 2.75) is 19.9 Å². The van der Waals surface area contributed by atoms with E-state index in [0.29, 0.717) is 6.54 Å². The lowest BCUT2D eigenvalue weighted by molar-refractivity contribution is 0.462. The molecule has 0 bridgehead atoms. The van der Waals surface area contributed by atoms with Crippen molar-refractivity contribution in [2.24, 2.45) is 12.0 Å². The van der Waals surface area contributed by atoms with E-state index in [1.165, 1.54) is 0 Å². The van der Waals surface area contributed by atoms with E-state index in [9.17, 15) is 0 Å². The number of aliphatic imine (C=N–C) groups is 1. The number of nitrogens with one attached hydrogen (secondary N) is 1. The maximum Gasteiger partial charge on any atom is 0.194 e. The molecule has 2 heterocycles. The SMILES string of the molecule is CCNC(=NCCc1ccccn1)N(C)Cc1cc(Cl)cn1C. The summed E-state index contributed by atoms with van der Waals surface area (Å²) in [5.74, 6) is 0.890. The van der Waals surface area contributed by atoms with Crippen LogP contribution in [0.4, 0.5) is 0 Å². The van der Waals surface area contributed by atoms with E-state index >= 15 is 0 Å². The summed E-state index contributed by atoms with van der Waals surface area (Å²) in [5, 5.41) is 4.09. The van der Waals surface area contributed by atoms with Gasteiger partial charge in [-0.15, -0.1) is 0 Å². The lowest BCUT2D eigenvalue weighted by Crippen LogP contribution is -2.39. The zero-order valence-corrected chi connectivity index (χ0v) is 14.7. The van der Waals surface area contributed by atoms with E-state index in [2.05, 4.69) is 22.1 Å². The largest absolute Gasteiger partial charge is 0.357 e. The molecule has 0 unspecified atom stereocenters. The van der Waals surface area contributed by atoms with Crippen LogP contribution in [0.2, 0.25) is 5.02 Å². The van der Waals surface area contributed by atoms with Crippen LogP contribution in [0.1, 0.15) is 18.3 Å². The maximum absolute atomic E-state index is 6.05. The summed E-state index contributed by atoms with van der Waals surface area (Å²) in [4.78, 5) is 11.1. The first-order valence-corrected chi connectivity index (χ1v) is 8.18. The third-order valence-electron chi connectivity index (χ3n) is 3.53. The van der Waals surface area contributed by atoms with Crippen LogP contribution >= 0.6 is 11.6 Å². The second-order valence-electron chi connectivity index (χ2n) is 5.42. The van der Waals surface area contributed by atoms with Gasteiger partial charge < -0.3 is 14.8 Å². The van der Waals surface area contributed by atoms with Crippen LogP contribution in [0.3, 0.4) is 0 Å². The minimum atomic E-state index is 0.706. The van der Waals surface area contributed by atoms with Crippen LogP contribution in [0.15, 0.2) is 41.7 Å². The molecule has 0 aromatic carbocycles. The van der Waals surface area contributed by atoms with Crippen LogP contribution in [0.25, 0.3) is 0 Å². The molecule has 0 saturated heterocycles. The van der Waals surface area contributed by atoms with Crippen molar-refractivity contribution in [1.82, 2.24) is 19.8 Å². The second kappa shape index (κ2) is 8.58. The van der Waals surface area contributed by atoms with Crippen molar-refractivity contribution in [2.75, 3.05) is 20.1 Å². The minimum absolute atomic E-state index is 0.706. The summed E-state index contributed by atoms with van der Waals surface area (Å²) in [6.07, 6.45) is 4.56. The smallest absolute Gasteiger partial charge is 0.194 e. The fourth-order valence-corrected chi connectivity index (χ4v) is 2.61. The molecular weight excluding hydrogens is 310 g/mol. The fourth-order valence-electron chi connectivity index (χ4n) is 2.33. The number of guanidine groups is 1. The summed E-state index contributed by atoms with van der Waals surface area (Å²) < 4.78 is 2.04. The van der Waals surface area contributed by atoms with Gasteiger partial charge in [0.2, 0.25) is 0 Å². The van der Waals surface area contributed by atoms with E-state index in [1.807, 2.05) is 55.3 Å². The van der Waals surface area contributed by atoms with E-state index in [0.717, 1.165) is 41.9 Å². The summed E-state index contributed by atoms with van der Waals surface area (Å²) in [5.41, 5.74) is 2.21. The number of hydrogen-bond donors (Lipinski definition) is 1. The Bertz CT molecular complexity index is 636. The number of pyridine rings is 1. The molecule has 0 aliphatic rings. The molecule has 2 aromatic heterocycles. The molecule has 0 radical (unpaired) electrons. The van der Waals surface area contributed by atoms with Crippen LogP contribution < -0.4 is 5.32 Å². The zero-order valence-electron chi connectivity index (χ0n) is 14.0. The number of hydrogen-bond acceptors (Lipinski definition) is 2. The molecule has 0 fully saturated rings. The third kappa shape index (κ3) is 5.28. The van der Waals surface area contributed by atoms with Gasteiger partial charge in [0.25, 0.3) is 0 Å². The van der Waals surface area contributed by atoms with Gasteiger partial charge in [-0.3, -0.25) is 9.98 Å². The topological polar surface area (TPSA) is 45.5 Å². The van der Waals surface area contributed by atoms with E-state index in [1.54, 1.807) is 0 Å². The van der Waals surface area contributed by atoms with Gasteiger partial charge in [0.15, 0.2) is 5.96 Å². The Kier molecular flexibility index (Phi) is 6.47. The quantitative estimate of drug-likeness (QED) is 0.653. The Labute approximate surface area is 143 Å². The predicted octanol–water partition coefficient (Wildman–Crippen LogP) is 2.71. The van der Waals surface area contributed by atoms with Crippen molar-refractivity contribution in [3.8, 4) is 0 Å². The lowest BCUT2D eigenvalue weighted by Gasteiger charge is -2.22. The molecule has 0 saturated carbocycles. The highest BCUT2D eigenvalue weighted by molar-refractivity contribution is 6.30.